The fourth-order valence-electron chi connectivity index (χ4n) is 2.70. The maximum absolute atomic E-state index is 9.54. The van der Waals surface area contributed by atoms with E-state index in [2.05, 4.69) is 18.3 Å². The number of hydrogen-bond acceptors (Lipinski definition) is 3. The van der Waals surface area contributed by atoms with E-state index in [1.807, 2.05) is 12.1 Å². The summed E-state index contributed by atoms with van der Waals surface area (Å²) in [5.41, 5.74) is 1.19. The van der Waals surface area contributed by atoms with Crippen molar-refractivity contribution in [2.24, 2.45) is 0 Å². The lowest BCUT2D eigenvalue weighted by atomic mass is 9.99. The SMILES string of the molecule is CCCNC(Cc1cccc(O)c1)CC1CCCO1. The van der Waals surface area contributed by atoms with Gasteiger partial charge in [0.15, 0.2) is 0 Å². The molecule has 2 unspecified atom stereocenters. The minimum atomic E-state index is 0.351. The Morgan fingerprint density at radius 1 is 1.47 bits per heavy atom. The molecular weight excluding hydrogens is 238 g/mol. The second-order valence-electron chi connectivity index (χ2n) is 5.40. The van der Waals surface area contributed by atoms with E-state index in [0.717, 1.165) is 32.4 Å². The Labute approximate surface area is 116 Å². The Kier molecular flexibility index (Phi) is 5.67. The highest BCUT2D eigenvalue weighted by atomic mass is 16.5. The fraction of sp³-hybridized carbons (Fsp3) is 0.625. The molecule has 0 saturated carbocycles. The number of rotatable bonds is 7. The van der Waals surface area contributed by atoms with E-state index in [4.69, 9.17) is 4.74 Å². The van der Waals surface area contributed by atoms with E-state index in [-0.39, 0.29) is 0 Å². The van der Waals surface area contributed by atoms with Crippen molar-refractivity contribution in [3.05, 3.63) is 29.8 Å². The molecule has 0 radical (unpaired) electrons. The summed E-state index contributed by atoms with van der Waals surface area (Å²) >= 11 is 0. The van der Waals surface area contributed by atoms with Gasteiger partial charge in [-0.15, -0.1) is 0 Å². The van der Waals surface area contributed by atoms with E-state index >= 15 is 0 Å². The Hall–Kier alpha value is -1.06. The molecule has 1 saturated heterocycles. The van der Waals surface area contributed by atoms with E-state index in [1.54, 1.807) is 6.07 Å². The minimum Gasteiger partial charge on any atom is -0.508 e. The first-order valence-electron chi connectivity index (χ1n) is 7.41. The van der Waals surface area contributed by atoms with Gasteiger partial charge in [0, 0.05) is 12.6 Å². The van der Waals surface area contributed by atoms with Gasteiger partial charge >= 0.3 is 0 Å². The lowest BCUT2D eigenvalue weighted by Gasteiger charge is -2.22. The molecule has 2 N–H and O–H groups in total. The van der Waals surface area contributed by atoms with Crippen LogP contribution in [0.25, 0.3) is 0 Å². The Bertz CT molecular complexity index is 375. The maximum atomic E-state index is 9.54. The first kappa shape index (κ1) is 14.4. The maximum Gasteiger partial charge on any atom is 0.115 e. The average molecular weight is 263 g/mol. The number of nitrogens with one attached hydrogen (secondary N) is 1. The van der Waals surface area contributed by atoms with E-state index in [0.29, 0.717) is 17.9 Å². The van der Waals surface area contributed by atoms with Gasteiger partial charge in [0.25, 0.3) is 0 Å². The monoisotopic (exact) mass is 263 g/mol. The number of phenolic OH excluding ortho intramolecular Hbond substituents is 1. The normalized spacial score (nSPS) is 20.6. The molecule has 19 heavy (non-hydrogen) atoms. The molecule has 3 heteroatoms. The molecule has 2 rings (SSSR count). The van der Waals surface area contributed by atoms with Crippen LogP contribution in [-0.4, -0.2) is 30.4 Å². The first-order valence-corrected chi connectivity index (χ1v) is 7.41. The summed E-state index contributed by atoms with van der Waals surface area (Å²) in [6.07, 6.45) is 5.94. The van der Waals surface area contributed by atoms with Crippen LogP contribution in [0.15, 0.2) is 24.3 Å². The molecule has 1 aromatic rings. The zero-order valence-corrected chi connectivity index (χ0v) is 11.8. The molecule has 0 amide bonds. The Morgan fingerprint density at radius 2 is 2.37 bits per heavy atom. The molecule has 0 bridgehead atoms. The standard InChI is InChI=1S/C16H25NO2/c1-2-8-17-14(12-16-7-4-9-19-16)10-13-5-3-6-15(18)11-13/h3,5-6,11,14,16-18H,2,4,7-10,12H2,1H3. The quantitative estimate of drug-likeness (QED) is 0.795. The third-order valence-corrected chi connectivity index (χ3v) is 3.65. The Balaban J connectivity index is 1.92. The predicted octanol–water partition coefficient (Wildman–Crippen LogP) is 2.87. The molecule has 0 aliphatic carbocycles. The highest BCUT2D eigenvalue weighted by Gasteiger charge is 2.20. The summed E-state index contributed by atoms with van der Waals surface area (Å²) in [6.45, 7) is 4.14. The summed E-state index contributed by atoms with van der Waals surface area (Å²) < 4.78 is 5.74. The zero-order chi connectivity index (χ0) is 13.5. The van der Waals surface area contributed by atoms with Crippen molar-refractivity contribution in [3.8, 4) is 5.75 Å². The average Bonchev–Trinajstić information content (AvgIpc) is 2.89. The molecule has 1 heterocycles. The summed E-state index contributed by atoms with van der Waals surface area (Å²) in [4.78, 5) is 0. The molecule has 1 fully saturated rings. The number of hydrogen-bond donors (Lipinski definition) is 2. The van der Waals surface area contributed by atoms with Crippen LogP contribution in [0.4, 0.5) is 0 Å². The van der Waals surface area contributed by atoms with Crippen LogP contribution in [0, 0.1) is 0 Å². The van der Waals surface area contributed by atoms with Gasteiger partial charge in [-0.3, -0.25) is 0 Å². The highest BCUT2D eigenvalue weighted by Crippen LogP contribution is 2.20. The van der Waals surface area contributed by atoms with Crippen LogP contribution in [-0.2, 0) is 11.2 Å². The van der Waals surface area contributed by atoms with Crippen molar-refractivity contribution in [1.29, 1.82) is 0 Å². The number of aromatic hydroxyl groups is 1. The minimum absolute atomic E-state index is 0.351. The van der Waals surface area contributed by atoms with Crippen LogP contribution in [0.2, 0.25) is 0 Å². The van der Waals surface area contributed by atoms with Gasteiger partial charge in [-0.1, -0.05) is 19.1 Å². The van der Waals surface area contributed by atoms with Gasteiger partial charge in [0.05, 0.1) is 6.10 Å². The summed E-state index contributed by atoms with van der Waals surface area (Å²) in [7, 11) is 0. The number of ether oxygens (including phenoxy) is 1. The second-order valence-corrected chi connectivity index (χ2v) is 5.40. The summed E-state index contributed by atoms with van der Waals surface area (Å²) in [5, 5.41) is 13.1. The lowest BCUT2D eigenvalue weighted by Crippen LogP contribution is -2.35. The summed E-state index contributed by atoms with van der Waals surface area (Å²) in [5.74, 6) is 0.351. The molecule has 106 valence electrons. The van der Waals surface area contributed by atoms with Crippen LogP contribution < -0.4 is 5.32 Å². The number of phenols is 1. The molecule has 1 aliphatic rings. The molecule has 3 nitrogen and oxygen atoms in total. The molecule has 2 atom stereocenters. The molecule has 0 spiro atoms. The van der Waals surface area contributed by atoms with Gasteiger partial charge in [-0.05, 0) is 56.3 Å². The topological polar surface area (TPSA) is 41.5 Å². The highest BCUT2D eigenvalue weighted by molar-refractivity contribution is 5.27. The van der Waals surface area contributed by atoms with E-state index in [9.17, 15) is 5.11 Å². The van der Waals surface area contributed by atoms with Crippen molar-refractivity contribution in [2.75, 3.05) is 13.2 Å². The van der Waals surface area contributed by atoms with Crippen LogP contribution in [0.3, 0.4) is 0 Å². The number of benzene rings is 1. The van der Waals surface area contributed by atoms with Crippen molar-refractivity contribution < 1.29 is 9.84 Å². The summed E-state index contributed by atoms with van der Waals surface area (Å²) in [6, 6.07) is 8.00. The van der Waals surface area contributed by atoms with E-state index in [1.165, 1.54) is 18.4 Å². The molecule has 0 aromatic heterocycles. The van der Waals surface area contributed by atoms with Gasteiger partial charge in [0.1, 0.15) is 5.75 Å². The molecule has 1 aromatic carbocycles. The van der Waals surface area contributed by atoms with Gasteiger partial charge in [-0.2, -0.15) is 0 Å². The van der Waals surface area contributed by atoms with Crippen molar-refractivity contribution in [3.63, 3.8) is 0 Å². The van der Waals surface area contributed by atoms with Gasteiger partial charge in [0.2, 0.25) is 0 Å². The first-order chi connectivity index (χ1) is 9.28. The van der Waals surface area contributed by atoms with E-state index < -0.39 is 0 Å². The third kappa shape index (κ3) is 4.84. The fourth-order valence-corrected chi connectivity index (χ4v) is 2.70. The smallest absolute Gasteiger partial charge is 0.115 e. The Morgan fingerprint density at radius 3 is 3.05 bits per heavy atom. The van der Waals surface area contributed by atoms with Crippen LogP contribution in [0.1, 0.15) is 38.2 Å². The van der Waals surface area contributed by atoms with Gasteiger partial charge < -0.3 is 15.2 Å². The van der Waals surface area contributed by atoms with Crippen molar-refractivity contribution in [2.45, 2.75) is 51.2 Å². The second kappa shape index (κ2) is 7.51. The molecule has 1 aliphatic heterocycles. The van der Waals surface area contributed by atoms with Crippen LogP contribution >= 0.6 is 0 Å². The predicted molar refractivity (Wildman–Crippen MR) is 77.5 cm³/mol. The van der Waals surface area contributed by atoms with Crippen molar-refractivity contribution in [1.82, 2.24) is 5.32 Å². The van der Waals surface area contributed by atoms with Gasteiger partial charge in [-0.25, -0.2) is 0 Å². The third-order valence-electron chi connectivity index (χ3n) is 3.65. The largest absolute Gasteiger partial charge is 0.508 e. The van der Waals surface area contributed by atoms with Crippen LogP contribution in [0.5, 0.6) is 5.75 Å². The lowest BCUT2D eigenvalue weighted by molar-refractivity contribution is 0.0946. The van der Waals surface area contributed by atoms with Crippen molar-refractivity contribution >= 4 is 0 Å². The zero-order valence-electron chi connectivity index (χ0n) is 11.8. The molecular formula is C16H25NO2.